The average molecular weight is 492 g/mol. The molecule has 3 atom stereocenters. The molecule has 0 aliphatic carbocycles. The monoisotopic (exact) mass is 491 g/mol. The zero-order chi connectivity index (χ0) is 25.4. The van der Waals surface area contributed by atoms with E-state index in [-0.39, 0.29) is 19.5 Å². The van der Waals surface area contributed by atoms with E-state index in [0.29, 0.717) is 15.5 Å². The number of aliphatic hydroxyl groups is 1. The first-order valence-electron chi connectivity index (χ1n) is 10.9. The number of amides is 2. The number of carbonyl (C=O) groups excluding carboxylic acids is 2. The molecule has 3 N–H and O–H groups in total. The van der Waals surface area contributed by atoms with Crippen LogP contribution in [0, 0.1) is 11.3 Å². The lowest BCUT2D eigenvalue weighted by atomic mass is 9.66. The lowest BCUT2D eigenvalue weighted by Crippen LogP contribution is -2.62. The molecule has 1 aliphatic rings. The highest BCUT2D eigenvalue weighted by Gasteiger charge is 2.52. The fourth-order valence-corrected chi connectivity index (χ4v) is 4.66. The summed E-state index contributed by atoms with van der Waals surface area (Å²) in [5.74, 6) is -3.25. The fraction of sp³-hybridized carbons (Fsp3) is 0.652. The number of piperidine rings is 1. The van der Waals surface area contributed by atoms with Gasteiger partial charge in [-0.1, -0.05) is 51.4 Å². The van der Waals surface area contributed by atoms with Crippen molar-refractivity contribution in [1.82, 2.24) is 9.80 Å². The van der Waals surface area contributed by atoms with Crippen LogP contribution in [0.2, 0.25) is 5.02 Å². The maximum atomic E-state index is 13.5. The van der Waals surface area contributed by atoms with Gasteiger partial charge in [0, 0.05) is 36.1 Å². The summed E-state index contributed by atoms with van der Waals surface area (Å²) in [6.07, 6.45) is -4.95. The van der Waals surface area contributed by atoms with Crippen molar-refractivity contribution >= 4 is 23.4 Å². The van der Waals surface area contributed by atoms with Crippen molar-refractivity contribution < 1.29 is 27.9 Å². The first-order chi connectivity index (χ1) is 15.0. The van der Waals surface area contributed by atoms with Crippen LogP contribution in [0.15, 0.2) is 24.3 Å². The van der Waals surface area contributed by atoms with Gasteiger partial charge in [0.1, 0.15) is 6.04 Å². The predicted molar refractivity (Wildman–Crippen MR) is 120 cm³/mol. The molecule has 2 rings (SSSR count). The Balaban J connectivity index is 2.36. The largest absolute Gasteiger partial charge is 0.471 e. The van der Waals surface area contributed by atoms with Crippen LogP contribution in [0.5, 0.6) is 0 Å². The third-order valence-electron chi connectivity index (χ3n) is 6.29. The van der Waals surface area contributed by atoms with Gasteiger partial charge >= 0.3 is 12.1 Å². The number of benzene rings is 1. The van der Waals surface area contributed by atoms with E-state index in [9.17, 15) is 27.9 Å². The number of alkyl halides is 3. The molecule has 10 heteroatoms. The summed E-state index contributed by atoms with van der Waals surface area (Å²) < 4.78 is 40.0. The zero-order valence-corrected chi connectivity index (χ0v) is 20.4. The van der Waals surface area contributed by atoms with Gasteiger partial charge in [0.25, 0.3) is 0 Å². The van der Waals surface area contributed by atoms with Crippen LogP contribution >= 0.6 is 11.6 Å². The van der Waals surface area contributed by atoms with Crippen molar-refractivity contribution in [2.45, 2.75) is 64.9 Å². The molecule has 6 nitrogen and oxygen atoms in total. The Labute approximate surface area is 197 Å². The summed E-state index contributed by atoms with van der Waals surface area (Å²) in [5.41, 5.74) is 4.27. The van der Waals surface area contributed by atoms with Gasteiger partial charge in [-0.15, -0.1) is 0 Å². The van der Waals surface area contributed by atoms with Gasteiger partial charge in [0.05, 0.1) is 5.60 Å². The molecule has 0 radical (unpaired) electrons. The van der Waals surface area contributed by atoms with Crippen LogP contribution in [-0.2, 0) is 15.2 Å². The lowest BCUT2D eigenvalue weighted by Gasteiger charge is -2.51. The second kappa shape index (κ2) is 9.80. The second-order valence-corrected chi connectivity index (χ2v) is 10.3. The fourth-order valence-electron chi connectivity index (χ4n) is 4.53. The van der Waals surface area contributed by atoms with Gasteiger partial charge in [-0.3, -0.25) is 9.59 Å². The molecular formula is C23H33ClF3N3O3. The third-order valence-corrected chi connectivity index (χ3v) is 6.54. The van der Waals surface area contributed by atoms with E-state index in [1.165, 1.54) is 11.8 Å². The molecule has 1 aliphatic heterocycles. The number of carbonyl (C=O) groups is 2. The molecule has 2 amide bonds. The minimum Gasteiger partial charge on any atom is -0.384 e. The number of hydrogen-bond donors (Lipinski definition) is 2. The van der Waals surface area contributed by atoms with Crippen molar-refractivity contribution in [2.75, 3.05) is 19.6 Å². The minimum absolute atomic E-state index is 0.0976. The van der Waals surface area contributed by atoms with E-state index in [4.69, 9.17) is 17.3 Å². The number of nitrogens with two attached hydrogens (primary N) is 1. The summed E-state index contributed by atoms with van der Waals surface area (Å²) in [6, 6.07) is 4.72. The molecule has 1 fully saturated rings. The molecule has 1 heterocycles. The standard InChI is InChI=1S/C23H33ClF3N3O3/c1-14(2)18(30(12-15(3)28)20(32)23(25,26)27)19(31)29-11-10-22(33,21(4,5)13-29)16-6-8-17(24)9-7-16/h6-9,14-15,18,33H,10-13,28H2,1-5H3/t15-,18+,22-/m0/s1. The second-order valence-electron chi connectivity index (χ2n) is 9.88. The maximum absolute atomic E-state index is 13.5. The predicted octanol–water partition coefficient (Wildman–Crippen LogP) is 3.55. The smallest absolute Gasteiger partial charge is 0.384 e. The van der Waals surface area contributed by atoms with Gasteiger partial charge in [-0.2, -0.15) is 13.2 Å². The molecule has 1 aromatic rings. The first-order valence-corrected chi connectivity index (χ1v) is 11.3. The van der Waals surface area contributed by atoms with Crippen LogP contribution < -0.4 is 5.73 Å². The summed E-state index contributed by atoms with van der Waals surface area (Å²) in [7, 11) is 0. The van der Waals surface area contributed by atoms with Crippen molar-refractivity contribution in [3.8, 4) is 0 Å². The molecule has 0 unspecified atom stereocenters. The maximum Gasteiger partial charge on any atom is 0.471 e. The number of likely N-dealkylation sites (tertiary alicyclic amines) is 1. The van der Waals surface area contributed by atoms with Crippen molar-refractivity contribution in [1.29, 1.82) is 0 Å². The van der Waals surface area contributed by atoms with Gasteiger partial charge in [-0.25, -0.2) is 0 Å². The minimum atomic E-state index is -5.13. The molecule has 33 heavy (non-hydrogen) atoms. The quantitative estimate of drug-likeness (QED) is 0.637. The van der Waals surface area contributed by atoms with Gasteiger partial charge in [0.15, 0.2) is 0 Å². The highest BCUT2D eigenvalue weighted by Crippen LogP contribution is 2.46. The third kappa shape index (κ3) is 5.81. The SMILES string of the molecule is CC(C)[C@H](C(=O)N1CC[C@](O)(c2ccc(Cl)cc2)C(C)(C)C1)N(C[C@H](C)N)C(=O)C(F)(F)F. The topological polar surface area (TPSA) is 86.9 Å². The average Bonchev–Trinajstić information content (AvgIpc) is 2.68. The Morgan fingerprint density at radius 2 is 1.76 bits per heavy atom. The number of halogens is 4. The molecule has 186 valence electrons. The van der Waals surface area contributed by atoms with E-state index in [0.717, 1.165) is 0 Å². The van der Waals surface area contributed by atoms with Gasteiger partial charge in [0.2, 0.25) is 5.91 Å². The summed E-state index contributed by atoms with van der Waals surface area (Å²) in [6.45, 7) is 8.09. The van der Waals surface area contributed by atoms with Crippen LogP contribution in [-0.4, -0.2) is 64.6 Å². The Kier molecular flexibility index (Phi) is 8.14. The normalized spacial score (nSPS) is 22.7. The number of rotatable bonds is 6. The van der Waals surface area contributed by atoms with Crippen molar-refractivity contribution in [3.05, 3.63) is 34.9 Å². The molecule has 0 aromatic heterocycles. The first kappa shape index (κ1) is 27.4. The molecule has 0 saturated carbocycles. The van der Waals surface area contributed by atoms with E-state index in [1.54, 1.807) is 52.0 Å². The Bertz CT molecular complexity index is 859. The van der Waals surface area contributed by atoms with Crippen LogP contribution in [0.25, 0.3) is 0 Å². The Morgan fingerprint density at radius 3 is 2.18 bits per heavy atom. The molecule has 1 aromatic carbocycles. The van der Waals surface area contributed by atoms with Gasteiger partial charge < -0.3 is 20.6 Å². The molecule has 1 saturated heterocycles. The summed E-state index contributed by atoms with van der Waals surface area (Å²) in [4.78, 5) is 27.7. The Hall–Kier alpha value is -1.84. The van der Waals surface area contributed by atoms with E-state index >= 15 is 0 Å². The summed E-state index contributed by atoms with van der Waals surface area (Å²) >= 11 is 5.96. The van der Waals surface area contributed by atoms with E-state index in [1.807, 2.05) is 0 Å². The van der Waals surface area contributed by atoms with Crippen LogP contribution in [0.3, 0.4) is 0 Å². The lowest BCUT2D eigenvalue weighted by molar-refractivity contribution is -0.191. The molecule has 0 spiro atoms. The van der Waals surface area contributed by atoms with Crippen molar-refractivity contribution in [2.24, 2.45) is 17.1 Å². The van der Waals surface area contributed by atoms with E-state index < -0.39 is 53.6 Å². The van der Waals surface area contributed by atoms with Crippen LogP contribution in [0.4, 0.5) is 13.2 Å². The highest BCUT2D eigenvalue weighted by molar-refractivity contribution is 6.30. The summed E-state index contributed by atoms with van der Waals surface area (Å²) in [5, 5.41) is 12.0. The number of nitrogens with zero attached hydrogens (tertiary/aromatic N) is 2. The van der Waals surface area contributed by atoms with Gasteiger partial charge in [-0.05, 0) is 37.0 Å². The molecule has 0 bridgehead atoms. The number of hydrogen-bond acceptors (Lipinski definition) is 4. The van der Waals surface area contributed by atoms with Crippen molar-refractivity contribution in [3.63, 3.8) is 0 Å². The van der Waals surface area contributed by atoms with E-state index in [2.05, 4.69) is 0 Å². The highest BCUT2D eigenvalue weighted by atomic mass is 35.5. The molecular weight excluding hydrogens is 459 g/mol. The zero-order valence-electron chi connectivity index (χ0n) is 19.6. The van der Waals surface area contributed by atoms with Crippen LogP contribution in [0.1, 0.15) is 46.6 Å². The Morgan fingerprint density at radius 1 is 1.21 bits per heavy atom.